The van der Waals surface area contributed by atoms with E-state index < -0.39 is 0 Å². The van der Waals surface area contributed by atoms with Crippen LogP contribution in [0.1, 0.15) is 51.2 Å². The van der Waals surface area contributed by atoms with E-state index >= 15 is 0 Å². The van der Waals surface area contributed by atoms with Crippen LogP contribution in [0.5, 0.6) is 0 Å². The van der Waals surface area contributed by atoms with E-state index in [2.05, 4.69) is 48.7 Å². The van der Waals surface area contributed by atoms with Crippen LogP contribution in [0.15, 0.2) is 5.38 Å². The Morgan fingerprint density at radius 2 is 2.23 bits per heavy atom. The third kappa shape index (κ3) is 5.52. The van der Waals surface area contributed by atoms with Gasteiger partial charge in [0.15, 0.2) is 0 Å². The molecule has 6 heteroatoms. The SMILES string of the molecule is C[C@H]1C[C@@H](C(=O)NCCc2nc(C(C)(C)C)cs2)CCN1.Cl. The third-order valence-corrected chi connectivity index (χ3v) is 4.86. The zero-order valence-corrected chi connectivity index (χ0v) is 15.6. The highest BCUT2D eigenvalue weighted by Crippen LogP contribution is 2.24. The van der Waals surface area contributed by atoms with Crippen molar-refractivity contribution in [3.63, 3.8) is 0 Å². The van der Waals surface area contributed by atoms with Gasteiger partial charge in [-0.15, -0.1) is 23.7 Å². The maximum Gasteiger partial charge on any atom is 0.223 e. The number of halogens is 1. The van der Waals surface area contributed by atoms with Gasteiger partial charge < -0.3 is 10.6 Å². The monoisotopic (exact) mass is 345 g/mol. The molecule has 22 heavy (non-hydrogen) atoms. The molecule has 1 aromatic heterocycles. The molecule has 1 saturated heterocycles. The minimum Gasteiger partial charge on any atom is -0.355 e. The number of hydrogen-bond acceptors (Lipinski definition) is 4. The summed E-state index contributed by atoms with van der Waals surface area (Å²) in [6, 6.07) is 0.447. The summed E-state index contributed by atoms with van der Waals surface area (Å²) in [7, 11) is 0. The van der Waals surface area contributed by atoms with Gasteiger partial charge in [0, 0.05) is 35.7 Å². The minimum atomic E-state index is 0. The van der Waals surface area contributed by atoms with Crippen LogP contribution in [0.25, 0.3) is 0 Å². The fourth-order valence-electron chi connectivity index (χ4n) is 2.58. The van der Waals surface area contributed by atoms with E-state index in [0.29, 0.717) is 12.6 Å². The molecule has 0 saturated carbocycles. The molecule has 2 atom stereocenters. The number of rotatable bonds is 4. The lowest BCUT2D eigenvalue weighted by Gasteiger charge is -2.27. The minimum absolute atomic E-state index is 0. The van der Waals surface area contributed by atoms with Gasteiger partial charge in [-0.2, -0.15) is 0 Å². The summed E-state index contributed by atoms with van der Waals surface area (Å²) in [6.45, 7) is 10.3. The van der Waals surface area contributed by atoms with Gasteiger partial charge in [-0.25, -0.2) is 4.98 Å². The number of nitrogens with one attached hydrogen (secondary N) is 2. The van der Waals surface area contributed by atoms with Crippen LogP contribution >= 0.6 is 23.7 Å². The number of thiazole rings is 1. The van der Waals surface area contributed by atoms with E-state index in [1.165, 1.54) is 0 Å². The number of aromatic nitrogens is 1. The lowest BCUT2D eigenvalue weighted by Crippen LogP contribution is -2.42. The van der Waals surface area contributed by atoms with Gasteiger partial charge in [-0.1, -0.05) is 20.8 Å². The molecule has 0 bridgehead atoms. The first-order chi connectivity index (χ1) is 9.86. The molecule has 0 unspecified atom stereocenters. The number of carbonyl (C=O) groups is 1. The molecule has 4 nitrogen and oxygen atoms in total. The van der Waals surface area contributed by atoms with E-state index in [9.17, 15) is 4.79 Å². The maximum atomic E-state index is 12.1. The van der Waals surface area contributed by atoms with Crippen LogP contribution in [-0.4, -0.2) is 30.0 Å². The molecular formula is C16H28ClN3OS. The van der Waals surface area contributed by atoms with Crippen molar-refractivity contribution in [1.82, 2.24) is 15.6 Å². The number of piperidine rings is 1. The second kappa shape index (κ2) is 8.27. The third-order valence-electron chi connectivity index (χ3n) is 3.95. The Bertz CT molecular complexity index is 484. The summed E-state index contributed by atoms with van der Waals surface area (Å²) in [6.07, 6.45) is 2.71. The first kappa shape index (κ1) is 19.4. The van der Waals surface area contributed by atoms with E-state index in [4.69, 9.17) is 0 Å². The molecule has 2 rings (SSSR count). The predicted molar refractivity (Wildman–Crippen MR) is 95.0 cm³/mol. The lowest BCUT2D eigenvalue weighted by molar-refractivity contribution is -0.126. The fourth-order valence-corrected chi connectivity index (χ4v) is 3.60. The standard InChI is InChI=1S/C16H27N3OS.ClH/c1-11-9-12(5-7-17-11)15(20)18-8-6-14-19-13(10-21-14)16(2,3)4;/h10-12,17H,5-9H2,1-4H3,(H,18,20);1H/t11-,12-;/m0./s1. The largest absolute Gasteiger partial charge is 0.355 e. The second-order valence-corrected chi connectivity index (χ2v) is 7.94. The average Bonchev–Trinajstić information content (AvgIpc) is 2.87. The summed E-state index contributed by atoms with van der Waals surface area (Å²) in [5.41, 5.74) is 1.24. The number of nitrogens with zero attached hydrogens (tertiary/aromatic N) is 1. The predicted octanol–water partition coefficient (Wildman–Crippen LogP) is 2.91. The summed E-state index contributed by atoms with van der Waals surface area (Å²) >= 11 is 1.69. The first-order valence-electron chi connectivity index (χ1n) is 7.82. The molecule has 2 heterocycles. The molecule has 1 aliphatic rings. The molecule has 1 aromatic rings. The molecule has 1 aliphatic heterocycles. The molecule has 1 amide bonds. The summed E-state index contributed by atoms with van der Waals surface area (Å²) in [5.74, 6) is 0.374. The Morgan fingerprint density at radius 1 is 1.50 bits per heavy atom. The van der Waals surface area contributed by atoms with Gasteiger partial charge in [0.1, 0.15) is 0 Å². The fraction of sp³-hybridized carbons (Fsp3) is 0.750. The van der Waals surface area contributed by atoms with Crippen molar-refractivity contribution in [2.75, 3.05) is 13.1 Å². The molecular weight excluding hydrogens is 318 g/mol. The lowest BCUT2D eigenvalue weighted by atomic mass is 9.92. The maximum absolute atomic E-state index is 12.1. The van der Waals surface area contributed by atoms with Crippen LogP contribution < -0.4 is 10.6 Å². The number of amides is 1. The highest BCUT2D eigenvalue weighted by molar-refractivity contribution is 7.09. The summed E-state index contributed by atoms with van der Waals surface area (Å²) < 4.78 is 0. The van der Waals surface area contributed by atoms with Crippen molar-refractivity contribution in [1.29, 1.82) is 0 Å². The van der Waals surface area contributed by atoms with Gasteiger partial charge in [0.05, 0.1) is 10.7 Å². The summed E-state index contributed by atoms with van der Waals surface area (Å²) in [4.78, 5) is 16.8. The Labute approximate surface area is 143 Å². The summed E-state index contributed by atoms with van der Waals surface area (Å²) in [5, 5.41) is 9.69. The number of carbonyl (C=O) groups excluding carboxylic acids is 1. The molecule has 0 aromatic carbocycles. The van der Waals surface area contributed by atoms with Gasteiger partial charge >= 0.3 is 0 Å². The highest BCUT2D eigenvalue weighted by Gasteiger charge is 2.24. The molecule has 0 spiro atoms. The van der Waals surface area contributed by atoms with E-state index in [-0.39, 0.29) is 29.6 Å². The molecule has 0 aliphatic carbocycles. The van der Waals surface area contributed by atoms with E-state index in [1.54, 1.807) is 11.3 Å². The van der Waals surface area contributed by atoms with Gasteiger partial charge in [-0.05, 0) is 26.3 Å². The van der Waals surface area contributed by atoms with Crippen molar-refractivity contribution < 1.29 is 4.79 Å². The topological polar surface area (TPSA) is 54.0 Å². The zero-order valence-electron chi connectivity index (χ0n) is 13.9. The Morgan fingerprint density at radius 3 is 2.82 bits per heavy atom. The first-order valence-corrected chi connectivity index (χ1v) is 8.70. The van der Waals surface area contributed by atoms with Crippen LogP contribution in [-0.2, 0) is 16.6 Å². The normalized spacial score (nSPS) is 22.0. The Balaban J connectivity index is 0.00000242. The van der Waals surface area contributed by atoms with Crippen molar-refractivity contribution >= 4 is 29.7 Å². The van der Waals surface area contributed by atoms with Gasteiger partial charge in [0.2, 0.25) is 5.91 Å². The molecule has 2 N–H and O–H groups in total. The van der Waals surface area contributed by atoms with Crippen LogP contribution in [0.3, 0.4) is 0 Å². The average molecular weight is 346 g/mol. The van der Waals surface area contributed by atoms with Gasteiger partial charge in [-0.3, -0.25) is 4.79 Å². The van der Waals surface area contributed by atoms with Crippen molar-refractivity contribution in [3.8, 4) is 0 Å². The van der Waals surface area contributed by atoms with Crippen LogP contribution in [0, 0.1) is 5.92 Å². The quantitative estimate of drug-likeness (QED) is 0.882. The molecule has 0 radical (unpaired) electrons. The second-order valence-electron chi connectivity index (χ2n) is 6.99. The molecule has 1 fully saturated rings. The van der Waals surface area contributed by atoms with E-state index in [0.717, 1.165) is 36.5 Å². The van der Waals surface area contributed by atoms with Crippen molar-refractivity contribution in [2.24, 2.45) is 5.92 Å². The van der Waals surface area contributed by atoms with Crippen molar-refractivity contribution in [3.05, 3.63) is 16.1 Å². The van der Waals surface area contributed by atoms with Crippen molar-refractivity contribution in [2.45, 2.75) is 58.4 Å². The number of hydrogen-bond donors (Lipinski definition) is 2. The van der Waals surface area contributed by atoms with Crippen LogP contribution in [0.2, 0.25) is 0 Å². The zero-order chi connectivity index (χ0) is 15.5. The molecule has 126 valence electrons. The smallest absolute Gasteiger partial charge is 0.223 e. The van der Waals surface area contributed by atoms with Gasteiger partial charge in [0.25, 0.3) is 0 Å². The van der Waals surface area contributed by atoms with Crippen LogP contribution in [0.4, 0.5) is 0 Å². The Hall–Kier alpha value is -0.650. The Kier molecular flexibility index (Phi) is 7.29. The highest BCUT2D eigenvalue weighted by atomic mass is 35.5. The van der Waals surface area contributed by atoms with E-state index in [1.807, 2.05) is 0 Å².